The maximum Gasteiger partial charge on any atom is 0.217 e. The van der Waals surface area contributed by atoms with E-state index in [2.05, 4.69) is 39.4 Å². The zero-order valence-electron chi connectivity index (χ0n) is 8.72. The molecular weight excluding hydrogens is 254 g/mol. The van der Waals surface area contributed by atoms with E-state index in [4.69, 9.17) is 0 Å². The second kappa shape index (κ2) is 4.35. The minimum Gasteiger partial charge on any atom is -0.353 e. The molecule has 1 aromatic rings. The van der Waals surface area contributed by atoms with Crippen LogP contribution in [0.3, 0.4) is 0 Å². The molecule has 0 fully saturated rings. The van der Waals surface area contributed by atoms with Gasteiger partial charge in [-0.25, -0.2) is 0 Å². The quantitative estimate of drug-likeness (QED) is 0.832. The first kappa shape index (κ1) is 10.7. The summed E-state index contributed by atoms with van der Waals surface area (Å²) >= 11 is 3.57. The molecule has 0 spiro atoms. The van der Waals surface area contributed by atoms with Crippen molar-refractivity contribution < 1.29 is 4.79 Å². The highest BCUT2D eigenvalue weighted by Crippen LogP contribution is 2.27. The molecule has 80 valence electrons. The molecule has 0 heterocycles. The summed E-state index contributed by atoms with van der Waals surface area (Å²) in [6.07, 6.45) is 3.03. The van der Waals surface area contributed by atoms with Gasteiger partial charge < -0.3 is 5.32 Å². The standard InChI is InChI=1S/C12H14BrNO/c1-8(15)14-10-5-6-11-9(7-10)3-2-4-12(11)13/h2-4,10H,5-7H2,1H3,(H,14,15). The number of fused-ring (bicyclic) bond motifs is 1. The maximum absolute atomic E-state index is 11.0. The average Bonchev–Trinajstić information content (AvgIpc) is 2.17. The van der Waals surface area contributed by atoms with Crippen molar-refractivity contribution in [3.63, 3.8) is 0 Å². The summed E-state index contributed by atoms with van der Waals surface area (Å²) in [7, 11) is 0. The Bertz CT molecular complexity index is 389. The molecule has 1 aromatic carbocycles. The largest absolute Gasteiger partial charge is 0.353 e. The fraction of sp³-hybridized carbons (Fsp3) is 0.417. The SMILES string of the molecule is CC(=O)NC1CCc2c(Br)cccc2C1. The summed E-state index contributed by atoms with van der Waals surface area (Å²) in [6, 6.07) is 6.59. The predicted octanol–water partition coefficient (Wildman–Crippen LogP) is 2.44. The van der Waals surface area contributed by atoms with Gasteiger partial charge in [-0.05, 0) is 36.5 Å². The van der Waals surface area contributed by atoms with E-state index < -0.39 is 0 Å². The smallest absolute Gasteiger partial charge is 0.217 e. The number of carbonyl (C=O) groups is 1. The molecule has 1 unspecified atom stereocenters. The normalized spacial score (nSPS) is 19.5. The van der Waals surface area contributed by atoms with Crippen molar-refractivity contribution in [1.29, 1.82) is 0 Å². The van der Waals surface area contributed by atoms with Crippen molar-refractivity contribution in [3.05, 3.63) is 33.8 Å². The molecule has 0 saturated heterocycles. The number of hydrogen-bond acceptors (Lipinski definition) is 1. The van der Waals surface area contributed by atoms with Crippen LogP contribution in [0.4, 0.5) is 0 Å². The molecule has 0 aliphatic heterocycles. The number of carbonyl (C=O) groups excluding carboxylic acids is 1. The van der Waals surface area contributed by atoms with Gasteiger partial charge in [0, 0.05) is 17.4 Å². The van der Waals surface area contributed by atoms with Crippen molar-refractivity contribution in [1.82, 2.24) is 5.32 Å². The first-order valence-electron chi connectivity index (χ1n) is 5.20. The van der Waals surface area contributed by atoms with Crippen LogP contribution in [0.1, 0.15) is 24.5 Å². The van der Waals surface area contributed by atoms with Gasteiger partial charge in [0.15, 0.2) is 0 Å². The minimum absolute atomic E-state index is 0.0680. The van der Waals surface area contributed by atoms with Crippen molar-refractivity contribution >= 4 is 21.8 Å². The van der Waals surface area contributed by atoms with E-state index in [1.807, 2.05) is 0 Å². The molecule has 1 N–H and O–H groups in total. The highest BCUT2D eigenvalue weighted by molar-refractivity contribution is 9.10. The van der Waals surface area contributed by atoms with Crippen LogP contribution >= 0.6 is 15.9 Å². The van der Waals surface area contributed by atoms with E-state index in [9.17, 15) is 4.79 Å². The average molecular weight is 268 g/mol. The lowest BCUT2D eigenvalue weighted by atomic mass is 9.88. The third kappa shape index (κ3) is 2.40. The van der Waals surface area contributed by atoms with Gasteiger partial charge in [0.25, 0.3) is 0 Å². The van der Waals surface area contributed by atoms with Gasteiger partial charge in [-0.15, -0.1) is 0 Å². The molecule has 2 rings (SSSR count). The summed E-state index contributed by atoms with van der Waals surface area (Å²) < 4.78 is 1.20. The van der Waals surface area contributed by atoms with Crippen LogP contribution in [-0.4, -0.2) is 11.9 Å². The van der Waals surface area contributed by atoms with Crippen LogP contribution < -0.4 is 5.32 Å². The number of rotatable bonds is 1. The van der Waals surface area contributed by atoms with Gasteiger partial charge in [-0.3, -0.25) is 4.79 Å². The van der Waals surface area contributed by atoms with E-state index in [1.165, 1.54) is 15.6 Å². The predicted molar refractivity (Wildman–Crippen MR) is 63.8 cm³/mol. The third-order valence-corrected chi connectivity index (χ3v) is 3.58. The molecule has 0 saturated carbocycles. The molecule has 3 heteroatoms. The second-order valence-electron chi connectivity index (χ2n) is 4.02. The molecule has 1 atom stereocenters. The van der Waals surface area contributed by atoms with E-state index in [0.29, 0.717) is 6.04 Å². The van der Waals surface area contributed by atoms with Crippen LogP contribution in [0.15, 0.2) is 22.7 Å². The number of benzene rings is 1. The lowest BCUT2D eigenvalue weighted by molar-refractivity contribution is -0.119. The lowest BCUT2D eigenvalue weighted by Gasteiger charge is -2.25. The molecule has 0 aromatic heterocycles. The van der Waals surface area contributed by atoms with Crippen LogP contribution in [-0.2, 0) is 17.6 Å². The van der Waals surface area contributed by atoms with Crippen molar-refractivity contribution in [2.45, 2.75) is 32.2 Å². The Labute approximate surface area is 98.2 Å². The van der Waals surface area contributed by atoms with Crippen molar-refractivity contribution in [3.8, 4) is 0 Å². The highest BCUT2D eigenvalue weighted by atomic mass is 79.9. The van der Waals surface area contributed by atoms with Crippen molar-refractivity contribution in [2.75, 3.05) is 0 Å². The van der Waals surface area contributed by atoms with Crippen LogP contribution in [0, 0.1) is 0 Å². The second-order valence-corrected chi connectivity index (χ2v) is 4.87. The zero-order chi connectivity index (χ0) is 10.8. The molecule has 0 bridgehead atoms. The van der Waals surface area contributed by atoms with Gasteiger partial charge in [0.2, 0.25) is 5.91 Å². The molecule has 1 aliphatic rings. The fourth-order valence-electron chi connectivity index (χ4n) is 2.17. The highest BCUT2D eigenvalue weighted by Gasteiger charge is 2.20. The molecular formula is C12H14BrNO. The summed E-state index contributed by atoms with van der Waals surface area (Å²) in [5.74, 6) is 0.0680. The first-order chi connectivity index (χ1) is 7.16. The minimum atomic E-state index is 0.0680. The lowest BCUT2D eigenvalue weighted by Crippen LogP contribution is -2.37. The number of nitrogens with one attached hydrogen (secondary N) is 1. The van der Waals surface area contributed by atoms with Crippen molar-refractivity contribution in [2.24, 2.45) is 0 Å². The monoisotopic (exact) mass is 267 g/mol. The van der Waals surface area contributed by atoms with Gasteiger partial charge in [-0.2, -0.15) is 0 Å². The molecule has 1 amide bonds. The Morgan fingerprint density at radius 2 is 2.33 bits per heavy atom. The zero-order valence-corrected chi connectivity index (χ0v) is 10.3. The topological polar surface area (TPSA) is 29.1 Å². The molecule has 1 aliphatic carbocycles. The first-order valence-corrected chi connectivity index (χ1v) is 5.99. The van der Waals surface area contributed by atoms with E-state index in [-0.39, 0.29) is 5.91 Å². The fourth-order valence-corrected chi connectivity index (χ4v) is 2.78. The third-order valence-electron chi connectivity index (χ3n) is 2.83. The number of hydrogen-bond donors (Lipinski definition) is 1. The number of halogens is 1. The summed E-state index contributed by atoms with van der Waals surface area (Å²) in [5.41, 5.74) is 2.76. The van der Waals surface area contributed by atoms with Crippen LogP contribution in [0.5, 0.6) is 0 Å². The van der Waals surface area contributed by atoms with Gasteiger partial charge in [0.05, 0.1) is 0 Å². The Hall–Kier alpha value is -0.830. The van der Waals surface area contributed by atoms with Gasteiger partial charge in [0.1, 0.15) is 0 Å². The van der Waals surface area contributed by atoms with Gasteiger partial charge >= 0.3 is 0 Å². The maximum atomic E-state index is 11.0. The summed E-state index contributed by atoms with van der Waals surface area (Å²) in [6.45, 7) is 1.58. The molecule has 2 nitrogen and oxygen atoms in total. The number of amides is 1. The Balaban J connectivity index is 2.17. The van der Waals surface area contributed by atoms with Crippen LogP contribution in [0.25, 0.3) is 0 Å². The summed E-state index contributed by atoms with van der Waals surface area (Å²) in [5, 5.41) is 2.99. The Morgan fingerprint density at radius 1 is 1.53 bits per heavy atom. The van der Waals surface area contributed by atoms with E-state index in [0.717, 1.165) is 19.3 Å². The summed E-state index contributed by atoms with van der Waals surface area (Å²) in [4.78, 5) is 11.0. The van der Waals surface area contributed by atoms with E-state index in [1.54, 1.807) is 6.92 Å². The van der Waals surface area contributed by atoms with Crippen LogP contribution in [0.2, 0.25) is 0 Å². The van der Waals surface area contributed by atoms with E-state index >= 15 is 0 Å². The molecule has 0 radical (unpaired) electrons. The van der Waals surface area contributed by atoms with Gasteiger partial charge in [-0.1, -0.05) is 28.1 Å². The Morgan fingerprint density at radius 3 is 3.07 bits per heavy atom. The Kier molecular flexibility index (Phi) is 3.10. The molecule has 15 heavy (non-hydrogen) atoms.